The molecule has 2 atom stereocenters. The minimum absolute atomic E-state index is 0. The predicted molar refractivity (Wildman–Crippen MR) is 124 cm³/mol. The molecule has 0 aromatic carbocycles. The summed E-state index contributed by atoms with van der Waals surface area (Å²) in [5.74, 6) is 1.75. The van der Waals surface area contributed by atoms with Crippen LogP contribution in [0.3, 0.4) is 0 Å². The topological polar surface area (TPSA) is 42.9 Å². The van der Waals surface area contributed by atoms with Crippen LogP contribution >= 0.6 is 24.0 Å². The van der Waals surface area contributed by atoms with Crippen molar-refractivity contribution in [3.8, 4) is 0 Å². The molecular weight excluding hydrogens is 437 g/mol. The van der Waals surface area contributed by atoms with Gasteiger partial charge in [-0.2, -0.15) is 0 Å². The first-order chi connectivity index (χ1) is 12.2. The maximum atomic E-state index is 4.88. The fraction of sp³-hybridized carbons (Fsp3) is 0.950. The monoisotopic (exact) mass is 479 g/mol. The number of nitrogens with one attached hydrogen (secondary N) is 2. The van der Waals surface area contributed by atoms with E-state index in [1.807, 2.05) is 0 Å². The van der Waals surface area contributed by atoms with E-state index < -0.39 is 0 Å². The third kappa shape index (κ3) is 8.74. The molecule has 0 aromatic rings. The van der Waals surface area contributed by atoms with Crippen LogP contribution in [0.25, 0.3) is 0 Å². The molecular formula is C20H42IN5. The Morgan fingerprint density at radius 2 is 1.92 bits per heavy atom. The molecule has 2 rings (SSSR count). The third-order valence-corrected chi connectivity index (χ3v) is 5.62. The van der Waals surface area contributed by atoms with Crippen LogP contribution in [-0.2, 0) is 0 Å². The molecule has 6 heteroatoms. The summed E-state index contributed by atoms with van der Waals surface area (Å²) in [6, 6.07) is 1.38. The van der Waals surface area contributed by atoms with E-state index >= 15 is 0 Å². The quantitative estimate of drug-likeness (QED) is 0.272. The highest BCUT2D eigenvalue weighted by molar-refractivity contribution is 14.0. The highest BCUT2D eigenvalue weighted by Crippen LogP contribution is 2.31. The van der Waals surface area contributed by atoms with Crippen molar-refractivity contribution in [3.63, 3.8) is 0 Å². The number of guanidine groups is 1. The lowest BCUT2D eigenvalue weighted by Gasteiger charge is -2.21. The largest absolute Gasteiger partial charge is 0.357 e. The molecule has 2 unspecified atom stereocenters. The van der Waals surface area contributed by atoms with E-state index in [1.54, 1.807) is 0 Å². The van der Waals surface area contributed by atoms with Crippen molar-refractivity contribution in [2.75, 3.05) is 45.8 Å². The van der Waals surface area contributed by atoms with Crippen LogP contribution in [0.5, 0.6) is 0 Å². The minimum Gasteiger partial charge on any atom is -0.357 e. The fourth-order valence-corrected chi connectivity index (χ4v) is 3.79. The van der Waals surface area contributed by atoms with Crippen LogP contribution in [0, 0.1) is 5.92 Å². The van der Waals surface area contributed by atoms with Crippen molar-refractivity contribution in [1.29, 1.82) is 0 Å². The second kappa shape index (κ2) is 13.2. The van der Waals surface area contributed by atoms with Crippen LogP contribution in [-0.4, -0.2) is 73.7 Å². The maximum Gasteiger partial charge on any atom is 0.191 e. The van der Waals surface area contributed by atoms with Crippen LogP contribution < -0.4 is 10.6 Å². The number of nitrogens with zero attached hydrogens (tertiary/aromatic N) is 3. The summed E-state index contributed by atoms with van der Waals surface area (Å²) in [5.41, 5.74) is 0. The number of hydrogen-bond acceptors (Lipinski definition) is 3. The number of halogens is 1. The lowest BCUT2D eigenvalue weighted by molar-refractivity contribution is 0.292. The van der Waals surface area contributed by atoms with E-state index in [0.29, 0.717) is 6.04 Å². The summed E-state index contributed by atoms with van der Waals surface area (Å²) in [6.45, 7) is 16.9. The second-order valence-corrected chi connectivity index (χ2v) is 7.81. The molecule has 1 saturated heterocycles. The third-order valence-electron chi connectivity index (χ3n) is 5.62. The Kier molecular flexibility index (Phi) is 12.1. The molecule has 5 nitrogen and oxygen atoms in total. The Labute approximate surface area is 178 Å². The maximum absolute atomic E-state index is 4.88. The van der Waals surface area contributed by atoms with Crippen LogP contribution in [0.1, 0.15) is 59.8 Å². The van der Waals surface area contributed by atoms with E-state index in [9.17, 15) is 0 Å². The Bertz CT molecular complexity index is 396. The molecule has 1 saturated carbocycles. The number of aliphatic imine (C=N–C) groups is 1. The van der Waals surface area contributed by atoms with E-state index in [0.717, 1.165) is 44.1 Å². The molecule has 154 valence electrons. The average molecular weight is 479 g/mol. The molecule has 0 radical (unpaired) electrons. The minimum atomic E-state index is 0. The van der Waals surface area contributed by atoms with Crippen molar-refractivity contribution in [1.82, 2.24) is 20.4 Å². The first-order valence-electron chi connectivity index (χ1n) is 10.7. The lowest BCUT2D eigenvalue weighted by atomic mass is 10.1. The van der Waals surface area contributed by atoms with E-state index in [-0.39, 0.29) is 24.0 Å². The molecule has 2 fully saturated rings. The van der Waals surface area contributed by atoms with Gasteiger partial charge in [0.05, 0.1) is 0 Å². The van der Waals surface area contributed by atoms with E-state index in [1.165, 1.54) is 51.7 Å². The standard InChI is InChI=1S/C20H41N5.HI/c1-5-21-20(23-17(4)9-8-13-24(6-2)7-3)22-15-18-12-14-25(16-18)19-10-11-19;/h17-19H,5-16H2,1-4H3,(H2,21,22,23);1H. The van der Waals surface area contributed by atoms with E-state index in [2.05, 4.69) is 48.1 Å². The Balaban J connectivity index is 0.00000338. The highest BCUT2D eigenvalue weighted by Gasteiger charge is 2.34. The lowest BCUT2D eigenvalue weighted by Crippen LogP contribution is -2.42. The zero-order chi connectivity index (χ0) is 18.1. The Hall–Kier alpha value is -0.0800. The number of likely N-dealkylation sites (tertiary alicyclic amines) is 1. The predicted octanol–water partition coefficient (Wildman–Crippen LogP) is 3.15. The normalized spacial score (nSPS) is 22.3. The smallest absolute Gasteiger partial charge is 0.191 e. The van der Waals surface area contributed by atoms with Gasteiger partial charge in [-0.1, -0.05) is 13.8 Å². The Morgan fingerprint density at radius 3 is 2.54 bits per heavy atom. The summed E-state index contributed by atoms with van der Waals surface area (Å²) in [5, 5.41) is 7.02. The molecule has 0 spiro atoms. The van der Waals surface area contributed by atoms with Gasteiger partial charge in [0.15, 0.2) is 5.96 Å². The van der Waals surface area contributed by atoms with Gasteiger partial charge in [-0.05, 0) is 78.0 Å². The van der Waals surface area contributed by atoms with Crippen molar-refractivity contribution < 1.29 is 0 Å². The highest BCUT2D eigenvalue weighted by atomic mass is 127. The van der Waals surface area contributed by atoms with E-state index in [4.69, 9.17) is 4.99 Å². The van der Waals surface area contributed by atoms with Crippen molar-refractivity contribution in [2.24, 2.45) is 10.9 Å². The zero-order valence-corrected chi connectivity index (χ0v) is 19.8. The molecule has 26 heavy (non-hydrogen) atoms. The van der Waals surface area contributed by atoms with Gasteiger partial charge < -0.3 is 20.4 Å². The van der Waals surface area contributed by atoms with Crippen LogP contribution in [0.4, 0.5) is 0 Å². The molecule has 0 amide bonds. The van der Waals surface area contributed by atoms with Crippen molar-refractivity contribution in [2.45, 2.75) is 71.9 Å². The molecule has 2 N–H and O–H groups in total. The van der Waals surface area contributed by atoms with Gasteiger partial charge in [0.2, 0.25) is 0 Å². The Morgan fingerprint density at radius 1 is 1.19 bits per heavy atom. The van der Waals surface area contributed by atoms with Crippen LogP contribution in [0.15, 0.2) is 4.99 Å². The van der Waals surface area contributed by atoms with Gasteiger partial charge in [-0.3, -0.25) is 4.99 Å². The van der Waals surface area contributed by atoms with Gasteiger partial charge in [0, 0.05) is 31.7 Å². The second-order valence-electron chi connectivity index (χ2n) is 7.81. The van der Waals surface area contributed by atoms with Crippen molar-refractivity contribution in [3.05, 3.63) is 0 Å². The summed E-state index contributed by atoms with van der Waals surface area (Å²) in [4.78, 5) is 10.1. The first kappa shape index (κ1) is 24.0. The molecule has 1 heterocycles. The first-order valence-corrected chi connectivity index (χ1v) is 10.7. The van der Waals surface area contributed by atoms with Gasteiger partial charge in [-0.25, -0.2) is 0 Å². The molecule has 1 aliphatic carbocycles. The number of hydrogen-bond donors (Lipinski definition) is 2. The van der Waals surface area contributed by atoms with Gasteiger partial charge in [0.1, 0.15) is 0 Å². The summed E-state index contributed by atoms with van der Waals surface area (Å²) >= 11 is 0. The molecule has 2 aliphatic rings. The molecule has 1 aliphatic heterocycles. The summed E-state index contributed by atoms with van der Waals surface area (Å²) in [7, 11) is 0. The van der Waals surface area contributed by atoms with Crippen molar-refractivity contribution >= 4 is 29.9 Å². The van der Waals surface area contributed by atoms with Gasteiger partial charge in [-0.15, -0.1) is 24.0 Å². The van der Waals surface area contributed by atoms with Gasteiger partial charge >= 0.3 is 0 Å². The van der Waals surface area contributed by atoms with Crippen LogP contribution in [0.2, 0.25) is 0 Å². The molecule has 0 aromatic heterocycles. The average Bonchev–Trinajstić information content (AvgIpc) is 3.35. The summed E-state index contributed by atoms with van der Waals surface area (Å²) < 4.78 is 0. The fourth-order valence-electron chi connectivity index (χ4n) is 3.79. The SMILES string of the molecule is CCNC(=NCC1CCN(C2CC2)C1)NC(C)CCCN(CC)CC.I. The zero-order valence-electron chi connectivity index (χ0n) is 17.5. The molecule has 0 bridgehead atoms. The number of rotatable bonds is 11. The summed E-state index contributed by atoms with van der Waals surface area (Å²) in [6.07, 6.45) is 6.60. The van der Waals surface area contributed by atoms with Gasteiger partial charge in [0.25, 0.3) is 0 Å².